The monoisotopic (exact) mass is 265 g/mol. The molecule has 0 amide bonds. The van der Waals surface area contributed by atoms with Crippen LogP contribution in [0.15, 0.2) is 5.38 Å². The summed E-state index contributed by atoms with van der Waals surface area (Å²) in [5.41, 5.74) is 5.85. The van der Waals surface area contributed by atoms with Crippen molar-refractivity contribution in [2.24, 2.45) is 5.73 Å². The van der Waals surface area contributed by atoms with E-state index in [1.165, 1.54) is 11.3 Å². The first kappa shape index (κ1) is 12.5. The van der Waals surface area contributed by atoms with E-state index < -0.39 is 10.0 Å². The summed E-state index contributed by atoms with van der Waals surface area (Å²) < 4.78 is 25.0. The van der Waals surface area contributed by atoms with Gasteiger partial charge in [0.05, 0.1) is 22.2 Å². The van der Waals surface area contributed by atoms with Crippen LogP contribution in [0.3, 0.4) is 0 Å². The van der Waals surface area contributed by atoms with Crippen molar-refractivity contribution in [1.82, 2.24) is 9.71 Å². The van der Waals surface area contributed by atoms with E-state index in [9.17, 15) is 8.42 Å². The lowest BCUT2D eigenvalue weighted by Crippen LogP contribution is -2.32. The fourth-order valence-corrected chi connectivity index (χ4v) is 2.83. The van der Waals surface area contributed by atoms with E-state index in [0.29, 0.717) is 5.69 Å². The molecule has 0 bridgehead atoms. The predicted octanol–water partition coefficient (Wildman–Crippen LogP) is 0.157. The molecule has 1 rings (SSSR count). The molecule has 1 aromatic heterocycles. The van der Waals surface area contributed by atoms with Gasteiger partial charge in [0.2, 0.25) is 10.0 Å². The molecule has 0 aliphatic rings. The third kappa shape index (κ3) is 4.65. The molecule has 84 valence electrons. The van der Waals surface area contributed by atoms with Crippen LogP contribution in [-0.2, 0) is 16.6 Å². The fraction of sp³-hybridized carbons (Fsp3) is 0.429. The summed E-state index contributed by atoms with van der Waals surface area (Å²) in [6.45, 7) is 2.03. The van der Waals surface area contributed by atoms with Crippen LogP contribution in [-0.4, -0.2) is 24.1 Å². The molecule has 1 heterocycles. The number of sulfonamides is 1. The number of nitrogens with zero attached hydrogens (tertiary/aromatic N) is 1. The molecule has 0 unspecified atom stereocenters. The molecule has 0 saturated carbocycles. The molecule has 1 aromatic rings. The normalized spacial score (nSPS) is 11.5. The number of aryl methyl sites for hydroxylation is 1. The van der Waals surface area contributed by atoms with Crippen LogP contribution in [0.2, 0.25) is 0 Å². The van der Waals surface area contributed by atoms with Gasteiger partial charge in [0.25, 0.3) is 0 Å². The highest BCUT2D eigenvalue weighted by Gasteiger charge is 2.11. The smallest absolute Gasteiger partial charge is 0.218 e. The highest BCUT2D eigenvalue weighted by Crippen LogP contribution is 2.07. The van der Waals surface area contributed by atoms with Crippen LogP contribution in [0.4, 0.5) is 0 Å². The van der Waals surface area contributed by atoms with Crippen LogP contribution in [0.25, 0.3) is 0 Å². The average Bonchev–Trinajstić information content (AvgIpc) is 2.46. The standard InChI is InChI=1S/C7H11N3O2S3/c1-5-10-6(3-14-5)2-9-15(11,12)4-7(8)13/h3,9H,2,4H2,1H3,(H2,8,13). The van der Waals surface area contributed by atoms with Gasteiger partial charge < -0.3 is 5.73 Å². The van der Waals surface area contributed by atoms with E-state index in [1.807, 2.05) is 6.92 Å². The Morgan fingerprint density at radius 2 is 2.40 bits per heavy atom. The third-order valence-electron chi connectivity index (χ3n) is 1.47. The molecule has 0 radical (unpaired) electrons. The Bertz CT molecular complexity index is 452. The molecule has 3 N–H and O–H groups in total. The van der Waals surface area contributed by atoms with Gasteiger partial charge in [-0.1, -0.05) is 12.2 Å². The molecule has 0 spiro atoms. The molecule has 5 nitrogen and oxygen atoms in total. The summed E-state index contributed by atoms with van der Waals surface area (Å²) in [6.07, 6.45) is 0. The maximum Gasteiger partial charge on any atom is 0.218 e. The minimum absolute atomic E-state index is 0.0445. The zero-order valence-corrected chi connectivity index (χ0v) is 10.5. The zero-order valence-electron chi connectivity index (χ0n) is 8.06. The van der Waals surface area contributed by atoms with Gasteiger partial charge in [0.15, 0.2) is 0 Å². The van der Waals surface area contributed by atoms with Crippen molar-refractivity contribution in [3.63, 3.8) is 0 Å². The Balaban J connectivity index is 2.53. The van der Waals surface area contributed by atoms with Crippen molar-refractivity contribution < 1.29 is 8.42 Å². The minimum atomic E-state index is -3.42. The first-order chi connectivity index (χ1) is 6.89. The van der Waals surface area contributed by atoms with Gasteiger partial charge in [-0.15, -0.1) is 11.3 Å². The number of nitrogens with one attached hydrogen (secondary N) is 1. The highest BCUT2D eigenvalue weighted by molar-refractivity contribution is 7.92. The van der Waals surface area contributed by atoms with Gasteiger partial charge >= 0.3 is 0 Å². The number of thiocarbonyl (C=S) groups is 1. The molecule has 0 saturated heterocycles. The van der Waals surface area contributed by atoms with Gasteiger partial charge in [-0.2, -0.15) is 0 Å². The zero-order chi connectivity index (χ0) is 11.5. The van der Waals surface area contributed by atoms with Gasteiger partial charge in [-0.3, -0.25) is 0 Å². The maximum atomic E-state index is 11.3. The number of rotatable bonds is 5. The molecule has 0 aliphatic carbocycles. The summed E-state index contributed by atoms with van der Waals surface area (Å²) in [7, 11) is -3.42. The molecule has 8 heteroatoms. The topological polar surface area (TPSA) is 85.1 Å². The van der Waals surface area contributed by atoms with Crippen LogP contribution in [0, 0.1) is 6.92 Å². The first-order valence-electron chi connectivity index (χ1n) is 4.06. The summed E-state index contributed by atoms with van der Waals surface area (Å²) in [6, 6.07) is 0. The Hall–Kier alpha value is -0.570. The van der Waals surface area contributed by atoms with Gasteiger partial charge in [0.1, 0.15) is 5.75 Å². The second kappa shape index (κ2) is 4.97. The lowest BCUT2D eigenvalue weighted by atomic mass is 10.5. The number of thiazole rings is 1. The summed E-state index contributed by atoms with van der Waals surface area (Å²) in [5, 5.41) is 2.71. The van der Waals surface area contributed by atoms with Crippen LogP contribution >= 0.6 is 23.6 Å². The average molecular weight is 265 g/mol. The molecule has 15 heavy (non-hydrogen) atoms. The Morgan fingerprint density at radius 3 is 2.87 bits per heavy atom. The van der Waals surface area contributed by atoms with Gasteiger partial charge in [-0.05, 0) is 6.92 Å². The predicted molar refractivity (Wildman–Crippen MR) is 64.3 cm³/mol. The third-order valence-corrected chi connectivity index (χ3v) is 3.90. The van der Waals surface area contributed by atoms with E-state index in [2.05, 4.69) is 21.9 Å². The maximum absolute atomic E-state index is 11.3. The fourth-order valence-electron chi connectivity index (χ4n) is 0.912. The number of hydrogen-bond donors (Lipinski definition) is 2. The van der Waals surface area contributed by atoms with Gasteiger partial charge in [0, 0.05) is 5.38 Å². The summed E-state index contributed by atoms with van der Waals surface area (Å²) in [4.78, 5) is 4.08. The molecule has 0 atom stereocenters. The quantitative estimate of drug-likeness (QED) is 0.741. The van der Waals surface area contributed by atoms with Crippen molar-refractivity contribution in [3.05, 3.63) is 16.1 Å². The second-order valence-corrected chi connectivity index (χ2v) is 6.30. The molecule has 0 aromatic carbocycles. The summed E-state index contributed by atoms with van der Waals surface area (Å²) in [5.74, 6) is -0.328. The van der Waals surface area contributed by atoms with E-state index >= 15 is 0 Å². The van der Waals surface area contributed by atoms with Crippen molar-refractivity contribution >= 4 is 38.6 Å². The number of nitrogens with two attached hydrogens (primary N) is 1. The Morgan fingerprint density at radius 1 is 1.73 bits per heavy atom. The van der Waals surface area contributed by atoms with Crippen LogP contribution < -0.4 is 10.5 Å². The van der Waals surface area contributed by atoms with Crippen molar-refractivity contribution in [2.45, 2.75) is 13.5 Å². The second-order valence-electron chi connectivity index (χ2n) is 2.90. The largest absolute Gasteiger partial charge is 0.392 e. The first-order valence-corrected chi connectivity index (χ1v) is 7.00. The van der Waals surface area contributed by atoms with E-state index in [1.54, 1.807) is 5.38 Å². The van der Waals surface area contributed by atoms with Crippen LogP contribution in [0.5, 0.6) is 0 Å². The summed E-state index contributed by atoms with van der Waals surface area (Å²) >= 11 is 6.00. The van der Waals surface area contributed by atoms with E-state index in [4.69, 9.17) is 5.73 Å². The molecular formula is C7H11N3O2S3. The van der Waals surface area contributed by atoms with Crippen LogP contribution in [0.1, 0.15) is 10.7 Å². The van der Waals surface area contributed by atoms with Gasteiger partial charge in [-0.25, -0.2) is 18.1 Å². The van der Waals surface area contributed by atoms with E-state index in [-0.39, 0.29) is 17.3 Å². The van der Waals surface area contributed by atoms with E-state index in [0.717, 1.165) is 5.01 Å². The van der Waals surface area contributed by atoms with Crippen molar-refractivity contribution in [2.75, 3.05) is 5.75 Å². The minimum Gasteiger partial charge on any atom is -0.392 e. The Labute approximate surface area is 97.8 Å². The molecule has 0 fully saturated rings. The Kier molecular flexibility index (Phi) is 4.14. The van der Waals surface area contributed by atoms with Crippen molar-refractivity contribution in [1.29, 1.82) is 0 Å². The molecular weight excluding hydrogens is 254 g/mol. The lowest BCUT2D eigenvalue weighted by molar-refractivity contribution is 0.584. The lowest BCUT2D eigenvalue weighted by Gasteiger charge is -2.03. The number of aromatic nitrogens is 1. The van der Waals surface area contributed by atoms with Crippen molar-refractivity contribution in [3.8, 4) is 0 Å². The highest BCUT2D eigenvalue weighted by atomic mass is 32.2. The molecule has 0 aliphatic heterocycles. The SMILES string of the molecule is Cc1nc(CNS(=O)(=O)CC(N)=S)cs1. The number of hydrogen-bond acceptors (Lipinski definition) is 5.